The molecule has 1 saturated heterocycles. The molecule has 1 atom stereocenters. The van der Waals surface area contributed by atoms with Gasteiger partial charge in [-0.1, -0.05) is 25.4 Å². The van der Waals surface area contributed by atoms with Crippen LogP contribution in [-0.4, -0.2) is 53.7 Å². The van der Waals surface area contributed by atoms with Gasteiger partial charge < -0.3 is 4.90 Å². The maximum atomic E-state index is 12.5. The number of nitrogens with zero attached hydrogens (tertiary/aromatic N) is 2. The Morgan fingerprint density at radius 1 is 1.19 bits per heavy atom. The van der Waals surface area contributed by atoms with E-state index in [9.17, 15) is 9.59 Å². The molecule has 1 unspecified atom stereocenters. The van der Waals surface area contributed by atoms with E-state index in [0.29, 0.717) is 16.6 Å². The zero-order chi connectivity index (χ0) is 18.4. The van der Waals surface area contributed by atoms with Gasteiger partial charge in [-0.3, -0.25) is 14.5 Å². The molecule has 0 aromatic heterocycles. The van der Waals surface area contributed by atoms with E-state index < -0.39 is 0 Å². The Morgan fingerprint density at radius 3 is 2.38 bits per heavy atom. The number of amides is 1. The molecular weight excluding hydrogens is 371 g/mol. The standard InChI is InChI=1S/C20H29ClN2O2.ClH/c1-4-17(5-2)23-13-12-18(14-23)22(3)20(25)11-10-19(24)15-6-8-16(21)9-7-15;/h6-9,17-18H,4-5,10-14H2,1-3H3;1H. The van der Waals surface area contributed by atoms with Crippen molar-refractivity contribution in [1.82, 2.24) is 9.80 Å². The first-order valence-corrected chi connectivity index (χ1v) is 9.62. The van der Waals surface area contributed by atoms with Crippen molar-refractivity contribution in [3.63, 3.8) is 0 Å². The fraction of sp³-hybridized carbons (Fsp3) is 0.600. The van der Waals surface area contributed by atoms with Gasteiger partial charge in [0.25, 0.3) is 0 Å². The second kappa shape index (κ2) is 10.9. The Labute approximate surface area is 168 Å². The van der Waals surface area contributed by atoms with Crippen LogP contribution in [0.2, 0.25) is 5.02 Å². The van der Waals surface area contributed by atoms with Crippen LogP contribution in [0.25, 0.3) is 0 Å². The average Bonchev–Trinajstić information content (AvgIpc) is 3.10. The Bertz CT molecular complexity index is 588. The van der Waals surface area contributed by atoms with Gasteiger partial charge >= 0.3 is 0 Å². The van der Waals surface area contributed by atoms with Crippen LogP contribution in [0.4, 0.5) is 0 Å². The molecule has 0 N–H and O–H groups in total. The second-order valence-corrected chi connectivity index (χ2v) is 7.28. The third-order valence-electron chi connectivity index (χ3n) is 5.33. The van der Waals surface area contributed by atoms with Crippen molar-refractivity contribution in [1.29, 1.82) is 0 Å². The molecule has 2 rings (SSSR count). The van der Waals surface area contributed by atoms with Gasteiger partial charge in [0, 0.05) is 55.6 Å². The smallest absolute Gasteiger partial charge is 0.223 e. The minimum atomic E-state index is -0.0107. The number of carbonyl (C=O) groups excluding carboxylic acids is 2. The van der Waals surface area contributed by atoms with Crippen molar-refractivity contribution in [2.75, 3.05) is 20.1 Å². The topological polar surface area (TPSA) is 40.6 Å². The molecule has 0 radical (unpaired) electrons. The highest BCUT2D eigenvalue weighted by Crippen LogP contribution is 2.21. The summed E-state index contributed by atoms with van der Waals surface area (Å²) < 4.78 is 0. The normalized spacial score (nSPS) is 17.2. The van der Waals surface area contributed by atoms with E-state index in [4.69, 9.17) is 11.6 Å². The van der Waals surface area contributed by atoms with E-state index >= 15 is 0 Å². The van der Waals surface area contributed by atoms with E-state index in [1.807, 2.05) is 11.9 Å². The number of hydrogen-bond acceptors (Lipinski definition) is 3. The van der Waals surface area contributed by atoms with Crippen LogP contribution in [0.1, 0.15) is 56.3 Å². The van der Waals surface area contributed by atoms with Crippen LogP contribution in [0, 0.1) is 0 Å². The van der Waals surface area contributed by atoms with Crippen molar-refractivity contribution in [3.8, 4) is 0 Å². The van der Waals surface area contributed by atoms with E-state index in [1.54, 1.807) is 24.3 Å². The predicted molar refractivity (Wildman–Crippen MR) is 109 cm³/mol. The van der Waals surface area contributed by atoms with Gasteiger partial charge in [-0.2, -0.15) is 0 Å². The van der Waals surface area contributed by atoms with Gasteiger partial charge in [0.05, 0.1) is 0 Å². The molecule has 1 fully saturated rings. The SMILES string of the molecule is CCC(CC)N1CCC(N(C)C(=O)CCC(=O)c2ccc(Cl)cc2)C1.Cl. The quantitative estimate of drug-likeness (QED) is 0.605. The maximum absolute atomic E-state index is 12.5. The molecule has 0 aliphatic carbocycles. The highest BCUT2D eigenvalue weighted by atomic mass is 35.5. The molecule has 1 aromatic carbocycles. The highest BCUT2D eigenvalue weighted by molar-refractivity contribution is 6.30. The predicted octanol–water partition coefficient (Wildman–Crippen LogP) is 4.45. The minimum Gasteiger partial charge on any atom is -0.341 e. The van der Waals surface area contributed by atoms with Crippen molar-refractivity contribution >= 4 is 35.7 Å². The van der Waals surface area contributed by atoms with Crippen LogP contribution in [0.3, 0.4) is 0 Å². The fourth-order valence-corrected chi connectivity index (χ4v) is 3.73. The molecule has 1 heterocycles. The number of benzene rings is 1. The Kier molecular flexibility index (Phi) is 9.62. The molecule has 1 aliphatic heterocycles. The number of rotatable bonds is 8. The summed E-state index contributed by atoms with van der Waals surface area (Å²) in [5.41, 5.74) is 0.612. The average molecular weight is 401 g/mol. The second-order valence-electron chi connectivity index (χ2n) is 6.84. The summed E-state index contributed by atoms with van der Waals surface area (Å²) in [5.74, 6) is 0.0437. The van der Waals surface area contributed by atoms with Crippen molar-refractivity contribution in [2.24, 2.45) is 0 Å². The molecule has 0 saturated carbocycles. The zero-order valence-electron chi connectivity index (χ0n) is 15.9. The maximum Gasteiger partial charge on any atom is 0.223 e. The first kappa shape index (κ1) is 22.9. The van der Waals surface area contributed by atoms with Gasteiger partial charge in [0.2, 0.25) is 5.91 Å². The van der Waals surface area contributed by atoms with E-state index in [2.05, 4.69) is 18.7 Å². The number of halogens is 2. The fourth-order valence-electron chi connectivity index (χ4n) is 3.60. The van der Waals surface area contributed by atoms with E-state index in [-0.39, 0.29) is 43.0 Å². The summed E-state index contributed by atoms with van der Waals surface area (Å²) in [5, 5.41) is 0.607. The molecule has 4 nitrogen and oxygen atoms in total. The van der Waals surface area contributed by atoms with Gasteiger partial charge in [-0.05, 0) is 43.5 Å². The molecule has 0 bridgehead atoms. The summed E-state index contributed by atoms with van der Waals surface area (Å²) in [6, 6.07) is 7.70. The molecule has 26 heavy (non-hydrogen) atoms. The van der Waals surface area contributed by atoms with Gasteiger partial charge in [-0.15, -0.1) is 12.4 Å². The lowest BCUT2D eigenvalue weighted by molar-refractivity contribution is -0.131. The molecule has 0 spiro atoms. The molecule has 146 valence electrons. The van der Waals surface area contributed by atoms with Crippen LogP contribution in [0.15, 0.2) is 24.3 Å². The monoisotopic (exact) mass is 400 g/mol. The summed E-state index contributed by atoms with van der Waals surface area (Å²) in [7, 11) is 1.87. The Morgan fingerprint density at radius 2 is 1.81 bits per heavy atom. The summed E-state index contributed by atoms with van der Waals surface area (Å²) in [4.78, 5) is 29.0. The lowest BCUT2D eigenvalue weighted by Crippen LogP contribution is -2.41. The summed E-state index contributed by atoms with van der Waals surface area (Å²) in [6.45, 7) is 6.44. The summed E-state index contributed by atoms with van der Waals surface area (Å²) in [6.07, 6.45) is 3.82. The lowest BCUT2D eigenvalue weighted by Gasteiger charge is -2.28. The third-order valence-corrected chi connectivity index (χ3v) is 5.58. The first-order chi connectivity index (χ1) is 12.0. The Hall–Kier alpha value is -1.10. The number of Topliss-reactive ketones (excluding diaryl/α,β-unsaturated/α-hetero) is 1. The van der Waals surface area contributed by atoms with Crippen LogP contribution >= 0.6 is 24.0 Å². The molecule has 1 aliphatic rings. The van der Waals surface area contributed by atoms with Gasteiger partial charge in [-0.25, -0.2) is 0 Å². The number of likely N-dealkylation sites (N-methyl/N-ethyl adjacent to an activating group) is 1. The van der Waals surface area contributed by atoms with Gasteiger partial charge in [0.1, 0.15) is 0 Å². The molecule has 1 amide bonds. The van der Waals surface area contributed by atoms with Crippen molar-refractivity contribution < 1.29 is 9.59 Å². The number of likely N-dealkylation sites (tertiary alicyclic amines) is 1. The van der Waals surface area contributed by atoms with Crippen molar-refractivity contribution in [3.05, 3.63) is 34.9 Å². The number of ketones is 1. The Balaban J connectivity index is 0.00000338. The van der Waals surface area contributed by atoms with Crippen LogP contribution in [0.5, 0.6) is 0 Å². The van der Waals surface area contributed by atoms with Gasteiger partial charge in [0.15, 0.2) is 5.78 Å². The lowest BCUT2D eigenvalue weighted by atomic mass is 10.1. The van der Waals surface area contributed by atoms with Crippen LogP contribution in [-0.2, 0) is 4.79 Å². The van der Waals surface area contributed by atoms with Crippen molar-refractivity contribution in [2.45, 2.75) is 58.0 Å². The van der Waals surface area contributed by atoms with E-state index in [1.165, 1.54) is 0 Å². The number of carbonyl (C=O) groups is 2. The summed E-state index contributed by atoms with van der Waals surface area (Å²) >= 11 is 5.84. The zero-order valence-corrected chi connectivity index (χ0v) is 17.5. The highest BCUT2D eigenvalue weighted by Gasteiger charge is 2.30. The molecular formula is C20H30Cl2N2O2. The molecule has 6 heteroatoms. The third kappa shape index (κ3) is 5.97. The van der Waals surface area contributed by atoms with Crippen LogP contribution < -0.4 is 0 Å². The minimum absolute atomic E-state index is 0. The number of hydrogen-bond donors (Lipinski definition) is 0. The molecule has 1 aromatic rings. The largest absolute Gasteiger partial charge is 0.341 e. The van der Waals surface area contributed by atoms with E-state index in [0.717, 1.165) is 32.4 Å². The first-order valence-electron chi connectivity index (χ1n) is 9.24.